The van der Waals surface area contributed by atoms with Gasteiger partial charge in [-0.1, -0.05) is 6.07 Å². The van der Waals surface area contributed by atoms with Crippen molar-refractivity contribution in [1.29, 1.82) is 0 Å². The number of aromatic nitrogens is 1. The first-order valence-corrected chi connectivity index (χ1v) is 8.08. The zero-order chi connectivity index (χ0) is 15.4. The zero-order valence-corrected chi connectivity index (χ0v) is 13.6. The van der Waals surface area contributed by atoms with Gasteiger partial charge in [0.25, 0.3) is 0 Å². The fourth-order valence-electron chi connectivity index (χ4n) is 3.73. The van der Waals surface area contributed by atoms with Crippen LogP contribution in [0.3, 0.4) is 0 Å². The van der Waals surface area contributed by atoms with Gasteiger partial charge in [-0.05, 0) is 31.2 Å². The van der Waals surface area contributed by atoms with Gasteiger partial charge in [-0.25, -0.2) is 4.98 Å². The van der Waals surface area contributed by atoms with Crippen LogP contribution >= 0.6 is 0 Å². The third kappa shape index (κ3) is 3.42. The quantitative estimate of drug-likeness (QED) is 0.805. The Morgan fingerprint density at radius 3 is 3.05 bits per heavy atom. The van der Waals surface area contributed by atoms with Crippen molar-refractivity contribution in [2.75, 3.05) is 40.5 Å². The summed E-state index contributed by atoms with van der Waals surface area (Å²) in [6, 6.07) is 4.05. The summed E-state index contributed by atoms with van der Waals surface area (Å²) in [5.74, 6) is 1.47. The molecule has 5 nitrogen and oxygen atoms in total. The Morgan fingerprint density at radius 2 is 2.27 bits per heavy atom. The fraction of sp³-hybridized carbons (Fsp3) is 0.706. The molecule has 0 radical (unpaired) electrons. The Morgan fingerprint density at radius 1 is 1.41 bits per heavy atom. The van der Waals surface area contributed by atoms with E-state index in [4.69, 9.17) is 14.2 Å². The van der Waals surface area contributed by atoms with Crippen molar-refractivity contribution in [1.82, 2.24) is 9.88 Å². The molecule has 2 aliphatic heterocycles. The van der Waals surface area contributed by atoms with Gasteiger partial charge in [0, 0.05) is 51.7 Å². The normalized spacial score (nSPS) is 24.2. The maximum Gasteiger partial charge on any atom is 0.217 e. The number of rotatable bonds is 6. The van der Waals surface area contributed by atoms with Gasteiger partial charge in [0.1, 0.15) is 0 Å². The minimum Gasteiger partial charge on any atom is -0.481 e. The molecule has 122 valence electrons. The lowest BCUT2D eigenvalue weighted by Crippen LogP contribution is -2.64. The van der Waals surface area contributed by atoms with Crippen molar-refractivity contribution in [3.05, 3.63) is 23.9 Å². The Kier molecular flexibility index (Phi) is 4.96. The molecule has 2 saturated heterocycles. The molecule has 3 rings (SSSR count). The van der Waals surface area contributed by atoms with Crippen molar-refractivity contribution in [2.24, 2.45) is 5.92 Å². The largest absolute Gasteiger partial charge is 0.481 e. The molecule has 1 atom stereocenters. The van der Waals surface area contributed by atoms with Gasteiger partial charge >= 0.3 is 0 Å². The molecule has 3 heterocycles. The molecule has 22 heavy (non-hydrogen) atoms. The lowest BCUT2D eigenvalue weighted by Gasteiger charge is -2.53. The first kappa shape index (κ1) is 15.7. The molecule has 0 unspecified atom stereocenters. The van der Waals surface area contributed by atoms with Crippen LogP contribution in [0, 0.1) is 5.92 Å². The van der Waals surface area contributed by atoms with Gasteiger partial charge in [0.15, 0.2) is 0 Å². The molecule has 0 N–H and O–H groups in total. The van der Waals surface area contributed by atoms with Crippen LogP contribution in [-0.2, 0) is 16.0 Å². The van der Waals surface area contributed by atoms with E-state index in [2.05, 4.69) is 16.0 Å². The van der Waals surface area contributed by atoms with Crippen LogP contribution in [0.4, 0.5) is 0 Å². The number of nitrogens with zero attached hydrogens (tertiary/aromatic N) is 2. The Bertz CT molecular complexity index is 489. The van der Waals surface area contributed by atoms with E-state index in [1.165, 1.54) is 6.42 Å². The summed E-state index contributed by atoms with van der Waals surface area (Å²) in [4.78, 5) is 6.68. The molecule has 2 aliphatic rings. The second kappa shape index (κ2) is 6.94. The maximum absolute atomic E-state index is 6.11. The average Bonchev–Trinajstić information content (AvgIpc) is 2.52. The van der Waals surface area contributed by atoms with Crippen LogP contribution in [0.5, 0.6) is 5.88 Å². The molecule has 0 aliphatic carbocycles. The standard InChI is InChI=1S/C17H26N2O3/c1-20-8-5-14-6-9-22-17(10-14)12-19(13-17)11-15-4-3-7-18-16(15)21-2/h3-4,7,14H,5-6,8-13H2,1-2H3/t14-/m1/s1. The first-order chi connectivity index (χ1) is 10.7. The Labute approximate surface area is 132 Å². The fourth-order valence-corrected chi connectivity index (χ4v) is 3.73. The number of hydrogen-bond donors (Lipinski definition) is 0. The van der Waals surface area contributed by atoms with Crippen LogP contribution in [0.2, 0.25) is 0 Å². The third-order valence-electron chi connectivity index (χ3n) is 4.79. The molecule has 0 amide bonds. The topological polar surface area (TPSA) is 43.8 Å². The van der Waals surface area contributed by atoms with Crippen molar-refractivity contribution in [3.63, 3.8) is 0 Å². The number of likely N-dealkylation sites (tertiary alicyclic amines) is 1. The van der Waals surface area contributed by atoms with E-state index in [1.807, 2.05) is 6.07 Å². The summed E-state index contributed by atoms with van der Waals surface area (Å²) < 4.78 is 16.7. The number of ether oxygens (including phenoxy) is 3. The van der Waals surface area contributed by atoms with Gasteiger partial charge < -0.3 is 14.2 Å². The summed E-state index contributed by atoms with van der Waals surface area (Å²) >= 11 is 0. The van der Waals surface area contributed by atoms with Gasteiger partial charge in [0.05, 0.1) is 12.7 Å². The molecule has 5 heteroatoms. The van der Waals surface area contributed by atoms with E-state index in [-0.39, 0.29) is 5.60 Å². The predicted molar refractivity (Wildman–Crippen MR) is 84.0 cm³/mol. The zero-order valence-electron chi connectivity index (χ0n) is 13.6. The number of methoxy groups -OCH3 is 2. The van der Waals surface area contributed by atoms with E-state index >= 15 is 0 Å². The average molecular weight is 306 g/mol. The smallest absolute Gasteiger partial charge is 0.217 e. The molecule has 2 fully saturated rings. The van der Waals surface area contributed by atoms with Crippen LogP contribution in [0.15, 0.2) is 18.3 Å². The Balaban J connectivity index is 1.52. The van der Waals surface area contributed by atoms with Crippen molar-refractivity contribution in [3.8, 4) is 5.88 Å². The molecule has 1 aromatic heterocycles. The predicted octanol–water partition coefficient (Wildman–Crippen LogP) is 2.11. The summed E-state index contributed by atoms with van der Waals surface area (Å²) in [5, 5.41) is 0. The van der Waals surface area contributed by atoms with Crippen LogP contribution in [0.1, 0.15) is 24.8 Å². The van der Waals surface area contributed by atoms with Crippen molar-refractivity contribution >= 4 is 0 Å². The van der Waals surface area contributed by atoms with Gasteiger partial charge in [-0.15, -0.1) is 0 Å². The second-order valence-electron chi connectivity index (χ2n) is 6.49. The molecule has 0 aromatic carbocycles. The van der Waals surface area contributed by atoms with Gasteiger partial charge in [0.2, 0.25) is 5.88 Å². The molecule has 0 bridgehead atoms. The minimum absolute atomic E-state index is 0.0755. The van der Waals surface area contributed by atoms with Crippen molar-refractivity contribution in [2.45, 2.75) is 31.4 Å². The summed E-state index contributed by atoms with van der Waals surface area (Å²) in [5.41, 5.74) is 1.22. The van der Waals surface area contributed by atoms with Crippen LogP contribution < -0.4 is 4.74 Å². The third-order valence-corrected chi connectivity index (χ3v) is 4.79. The Hall–Kier alpha value is -1.17. The van der Waals surface area contributed by atoms with Crippen LogP contribution in [-0.4, -0.2) is 56.0 Å². The number of pyridine rings is 1. The molecule has 1 aromatic rings. The van der Waals surface area contributed by atoms with E-state index in [1.54, 1.807) is 20.4 Å². The highest BCUT2D eigenvalue weighted by atomic mass is 16.5. The lowest BCUT2D eigenvalue weighted by molar-refractivity contribution is -0.182. The second-order valence-corrected chi connectivity index (χ2v) is 6.49. The van der Waals surface area contributed by atoms with Crippen molar-refractivity contribution < 1.29 is 14.2 Å². The van der Waals surface area contributed by atoms with E-state index < -0.39 is 0 Å². The molecule has 0 saturated carbocycles. The highest BCUT2D eigenvalue weighted by molar-refractivity contribution is 5.25. The minimum atomic E-state index is 0.0755. The monoisotopic (exact) mass is 306 g/mol. The lowest BCUT2D eigenvalue weighted by atomic mass is 9.79. The van der Waals surface area contributed by atoms with E-state index in [0.717, 1.165) is 63.1 Å². The van der Waals surface area contributed by atoms with Gasteiger partial charge in [-0.3, -0.25) is 4.90 Å². The maximum atomic E-state index is 6.11. The SMILES string of the molecule is COCC[C@@H]1CCOC2(C1)CN(Cc1cccnc1OC)C2. The summed E-state index contributed by atoms with van der Waals surface area (Å²) in [7, 11) is 3.45. The van der Waals surface area contributed by atoms with E-state index in [9.17, 15) is 0 Å². The summed E-state index contributed by atoms with van der Waals surface area (Å²) in [6.07, 6.45) is 5.25. The van der Waals surface area contributed by atoms with Crippen LogP contribution in [0.25, 0.3) is 0 Å². The van der Waals surface area contributed by atoms with Gasteiger partial charge in [-0.2, -0.15) is 0 Å². The highest BCUT2D eigenvalue weighted by Gasteiger charge is 2.47. The summed E-state index contributed by atoms with van der Waals surface area (Å²) in [6.45, 7) is 4.64. The first-order valence-electron chi connectivity index (χ1n) is 8.08. The molecule has 1 spiro atoms. The number of hydrogen-bond acceptors (Lipinski definition) is 5. The highest BCUT2D eigenvalue weighted by Crippen LogP contribution is 2.39. The molecular weight excluding hydrogens is 280 g/mol. The molecular formula is C17H26N2O3. The van der Waals surface area contributed by atoms with E-state index in [0.29, 0.717) is 0 Å².